The molecule has 5 heteroatoms. The molecule has 4 nitrogen and oxygen atoms in total. The fourth-order valence-corrected chi connectivity index (χ4v) is 5.68. The molecule has 4 aromatic carbocycles. The molecule has 0 spiro atoms. The Hall–Kier alpha value is -3.45. The largest absolute Gasteiger partial charge is 0.454 e. The monoisotopic (exact) mass is 602 g/mol. The van der Waals surface area contributed by atoms with E-state index in [4.69, 9.17) is 9.47 Å². The average molecular weight is 602 g/mol. The van der Waals surface area contributed by atoms with Gasteiger partial charge in [-0.3, -0.25) is 0 Å². The van der Waals surface area contributed by atoms with Gasteiger partial charge in [0, 0.05) is 9.49 Å². The van der Waals surface area contributed by atoms with E-state index in [0.29, 0.717) is 11.1 Å². The molecule has 4 unspecified atom stereocenters. The first-order chi connectivity index (χ1) is 17.9. The first-order valence-corrected chi connectivity index (χ1v) is 13.4. The number of ether oxygens (including phenoxy) is 2. The molecule has 0 radical (unpaired) electrons. The van der Waals surface area contributed by atoms with Crippen LogP contribution in [0.4, 0.5) is 0 Å². The van der Waals surface area contributed by atoms with Crippen molar-refractivity contribution in [2.24, 2.45) is 0 Å². The molecule has 5 rings (SSSR count). The number of esters is 2. The number of hydrogen-bond donors (Lipinski definition) is 0. The number of aryl methyl sites for hydroxylation is 1. The number of benzene rings is 4. The molecule has 4 atom stereocenters. The second kappa shape index (κ2) is 10.9. The maximum Gasteiger partial charge on any atom is 0.338 e. The van der Waals surface area contributed by atoms with Gasteiger partial charge in [-0.15, -0.1) is 0 Å². The van der Waals surface area contributed by atoms with E-state index in [1.165, 1.54) is 0 Å². The van der Waals surface area contributed by atoms with E-state index in [1.807, 2.05) is 43.3 Å². The molecule has 0 heterocycles. The van der Waals surface area contributed by atoms with Crippen molar-refractivity contribution in [2.45, 2.75) is 37.9 Å². The fourth-order valence-electron chi connectivity index (χ4n) is 5.16. The predicted octanol–water partition coefficient (Wildman–Crippen LogP) is 7.30. The second-order valence-corrected chi connectivity index (χ2v) is 10.6. The topological polar surface area (TPSA) is 52.6 Å². The molecule has 4 aromatic rings. The van der Waals surface area contributed by atoms with Crippen LogP contribution in [0.15, 0.2) is 103 Å². The Morgan fingerprint density at radius 2 is 1.16 bits per heavy atom. The molecule has 0 fully saturated rings. The zero-order chi connectivity index (χ0) is 25.9. The standard InChI is InChI=1S/C32H27IO4/c1-20-17-18-24(33)19-27(20)28-26-16-10-9-15-25(26)21(2)29(36-31(34)22-11-5-3-6-12-22)30(28)37-32(35)23-13-7-4-8-14-23/h3-19,21,28-30H,1-2H3. The van der Waals surface area contributed by atoms with Crippen LogP contribution < -0.4 is 0 Å². The summed E-state index contributed by atoms with van der Waals surface area (Å²) in [5.74, 6) is -1.36. The molecular weight excluding hydrogens is 575 g/mol. The van der Waals surface area contributed by atoms with Gasteiger partial charge in [0.15, 0.2) is 6.10 Å². The molecule has 0 saturated carbocycles. The van der Waals surface area contributed by atoms with Crippen LogP contribution in [0.3, 0.4) is 0 Å². The minimum absolute atomic E-state index is 0.184. The Morgan fingerprint density at radius 3 is 1.76 bits per heavy atom. The number of hydrogen-bond acceptors (Lipinski definition) is 4. The lowest BCUT2D eigenvalue weighted by Gasteiger charge is -2.42. The van der Waals surface area contributed by atoms with Gasteiger partial charge >= 0.3 is 11.9 Å². The molecular formula is C32H27IO4. The zero-order valence-corrected chi connectivity index (χ0v) is 22.8. The number of fused-ring (bicyclic) bond motifs is 1. The van der Waals surface area contributed by atoms with Crippen molar-refractivity contribution < 1.29 is 19.1 Å². The van der Waals surface area contributed by atoms with E-state index in [1.54, 1.807) is 36.4 Å². The van der Waals surface area contributed by atoms with Crippen LogP contribution >= 0.6 is 22.6 Å². The van der Waals surface area contributed by atoms with Crippen LogP contribution in [-0.2, 0) is 9.47 Å². The molecule has 0 bridgehead atoms. The summed E-state index contributed by atoms with van der Waals surface area (Å²) in [4.78, 5) is 26.7. The first kappa shape index (κ1) is 25.2. The Bertz CT molecular complexity index is 1420. The Kier molecular flexibility index (Phi) is 7.42. The smallest absolute Gasteiger partial charge is 0.338 e. The van der Waals surface area contributed by atoms with E-state index in [9.17, 15) is 9.59 Å². The summed E-state index contributed by atoms with van der Waals surface area (Å²) in [6, 6.07) is 32.3. The summed E-state index contributed by atoms with van der Waals surface area (Å²) >= 11 is 2.30. The Labute approximate surface area is 230 Å². The predicted molar refractivity (Wildman–Crippen MR) is 152 cm³/mol. The minimum atomic E-state index is -0.720. The molecule has 37 heavy (non-hydrogen) atoms. The SMILES string of the molecule is Cc1ccc(I)cc1C1c2ccccc2C(C)C(OC(=O)c2ccccc2)C1OC(=O)c1ccccc1. The van der Waals surface area contributed by atoms with E-state index in [-0.39, 0.29) is 11.8 Å². The van der Waals surface area contributed by atoms with Crippen molar-refractivity contribution in [1.29, 1.82) is 0 Å². The first-order valence-electron chi connectivity index (χ1n) is 12.3. The molecule has 0 aliphatic heterocycles. The van der Waals surface area contributed by atoms with Crippen LogP contribution in [0.1, 0.15) is 61.7 Å². The maximum absolute atomic E-state index is 13.4. The fraction of sp³-hybridized carbons (Fsp3) is 0.188. The summed E-state index contributed by atoms with van der Waals surface area (Å²) in [5.41, 5.74) is 5.23. The molecule has 0 N–H and O–H groups in total. The van der Waals surface area contributed by atoms with Gasteiger partial charge in [0.05, 0.1) is 17.0 Å². The number of rotatable bonds is 5. The normalized spacial score (nSPS) is 20.5. The van der Waals surface area contributed by atoms with Crippen LogP contribution in [0, 0.1) is 10.5 Å². The Balaban J connectivity index is 1.64. The summed E-state index contributed by atoms with van der Waals surface area (Å²) < 4.78 is 13.6. The number of halogens is 1. The van der Waals surface area contributed by atoms with Crippen molar-refractivity contribution in [3.8, 4) is 0 Å². The third-order valence-corrected chi connectivity index (χ3v) is 7.72. The minimum Gasteiger partial charge on any atom is -0.454 e. The molecule has 1 aliphatic carbocycles. The van der Waals surface area contributed by atoms with Gasteiger partial charge in [-0.05, 0) is 88.2 Å². The van der Waals surface area contributed by atoms with E-state index in [0.717, 1.165) is 25.8 Å². The highest BCUT2D eigenvalue weighted by Crippen LogP contribution is 2.46. The lowest BCUT2D eigenvalue weighted by molar-refractivity contribution is -0.0532. The third-order valence-electron chi connectivity index (χ3n) is 7.05. The summed E-state index contributed by atoms with van der Waals surface area (Å²) in [5, 5.41) is 0. The average Bonchev–Trinajstić information content (AvgIpc) is 2.93. The van der Waals surface area contributed by atoms with Gasteiger partial charge in [-0.2, -0.15) is 0 Å². The zero-order valence-electron chi connectivity index (χ0n) is 20.6. The number of carbonyl (C=O) groups is 2. The lowest BCUT2D eigenvalue weighted by Crippen LogP contribution is -2.46. The van der Waals surface area contributed by atoms with Crippen LogP contribution in [0.5, 0.6) is 0 Å². The van der Waals surface area contributed by atoms with E-state index in [2.05, 4.69) is 59.8 Å². The molecule has 186 valence electrons. The lowest BCUT2D eigenvalue weighted by atomic mass is 9.70. The third kappa shape index (κ3) is 5.18. The van der Waals surface area contributed by atoms with Gasteiger partial charge < -0.3 is 9.47 Å². The van der Waals surface area contributed by atoms with Crippen molar-refractivity contribution in [2.75, 3.05) is 0 Å². The van der Waals surface area contributed by atoms with Gasteiger partial charge in [0.1, 0.15) is 6.10 Å². The van der Waals surface area contributed by atoms with E-state index >= 15 is 0 Å². The summed E-state index contributed by atoms with van der Waals surface area (Å²) in [6.45, 7) is 4.09. The van der Waals surface area contributed by atoms with Gasteiger partial charge in [-0.1, -0.05) is 73.7 Å². The van der Waals surface area contributed by atoms with Crippen LogP contribution in [0.25, 0.3) is 0 Å². The quantitative estimate of drug-likeness (QED) is 0.178. The highest BCUT2D eigenvalue weighted by atomic mass is 127. The van der Waals surface area contributed by atoms with Crippen molar-refractivity contribution >= 4 is 34.5 Å². The second-order valence-electron chi connectivity index (χ2n) is 9.37. The van der Waals surface area contributed by atoms with Crippen molar-refractivity contribution in [1.82, 2.24) is 0 Å². The van der Waals surface area contributed by atoms with Crippen LogP contribution in [-0.4, -0.2) is 24.1 Å². The van der Waals surface area contributed by atoms with E-state index < -0.39 is 24.1 Å². The van der Waals surface area contributed by atoms with Crippen LogP contribution in [0.2, 0.25) is 0 Å². The molecule has 0 amide bonds. The molecule has 1 aliphatic rings. The molecule has 0 aromatic heterocycles. The molecule has 0 saturated heterocycles. The van der Waals surface area contributed by atoms with Gasteiger partial charge in [0.25, 0.3) is 0 Å². The summed E-state index contributed by atoms with van der Waals surface area (Å²) in [7, 11) is 0. The van der Waals surface area contributed by atoms with Crippen molar-refractivity contribution in [3.63, 3.8) is 0 Å². The summed E-state index contributed by atoms with van der Waals surface area (Å²) in [6.07, 6.45) is -1.40. The van der Waals surface area contributed by atoms with Gasteiger partial charge in [-0.25, -0.2) is 9.59 Å². The maximum atomic E-state index is 13.4. The highest BCUT2D eigenvalue weighted by Gasteiger charge is 2.47. The van der Waals surface area contributed by atoms with Gasteiger partial charge in [0.2, 0.25) is 0 Å². The highest BCUT2D eigenvalue weighted by molar-refractivity contribution is 14.1. The van der Waals surface area contributed by atoms with Crippen molar-refractivity contribution in [3.05, 3.63) is 140 Å². The Morgan fingerprint density at radius 1 is 0.649 bits per heavy atom. The number of carbonyl (C=O) groups excluding carboxylic acids is 2.